The van der Waals surface area contributed by atoms with Crippen LogP contribution in [-0.4, -0.2) is 28.3 Å². The third-order valence-electron chi connectivity index (χ3n) is 4.20. The third kappa shape index (κ3) is 3.82. The smallest absolute Gasteiger partial charge is 0.319 e. The van der Waals surface area contributed by atoms with E-state index in [1.54, 1.807) is 11.3 Å². The van der Waals surface area contributed by atoms with Crippen molar-refractivity contribution in [2.24, 2.45) is 0 Å². The molecular weight excluding hydrogens is 310 g/mol. The molecule has 1 fully saturated rings. The van der Waals surface area contributed by atoms with Crippen molar-refractivity contribution in [3.8, 4) is 0 Å². The van der Waals surface area contributed by atoms with E-state index < -0.39 is 6.10 Å². The van der Waals surface area contributed by atoms with E-state index in [9.17, 15) is 9.90 Å². The number of urea groups is 1. The topological polar surface area (TPSA) is 74.2 Å². The molecule has 3 N–H and O–H groups in total. The highest BCUT2D eigenvalue weighted by Crippen LogP contribution is 2.29. The molecule has 1 aliphatic carbocycles. The molecule has 6 heteroatoms. The summed E-state index contributed by atoms with van der Waals surface area (Å²) in [5, 5.41) is 16.8. The van der Waals surface area contributed by atoms with Gasteiger partial charge in [0.2, 0.25) is 0 Å². The highest BCUT2D eigenvalue weighted by molar-refractivity contribution is 7.18. The molecule has 5 nitrogen and oxygen atoms in total. The van der Waals surface area contributed by atoms with E-state index in [0.717, 1.165) is 46.6 Å². The number of hydrogen-bond acceptors (Lipinski definition) is 4. The van der Waals surface area contributed by atoms with Gasteiger partial charge in [-0.15, -0.1) is 11.3 Å². The van der Waals surface area contributed by atoms with Crippen LogP contribution in [0.15, 0.2) is 18.2 Å². The summed E-state index contributed by atoms with van der Waals surface area (Å²) in [6, 6.07) is 5.34. The molecule has 2 atom stereocenters. The summed E-state index contributed by atoms with van der Waals surface area (Å²) < 4.78 is 1.07. The van der Waals surface area contributed by atoms with E-state index in [1.165, 1.54) is 0 Å². The minimum atomic E-state index is -0.438. The number of nitrogens with zero attached hydrogens (tertiary/aromatic N) is 1. The average molecular weight is 333 g/mol. The Kier molecular flexibility index (Phi) is 4.82. The van der Waals surface area contributed by atoms with Crippen LogP contribution in [0.5, 0.6) is 0 Å². The first-order valence-electron chi connectivity index (χ1n) is 8.19. The van der Waals surface area contributed by atoms with Gasteiger partial charge in [-0.05, 0) is 31.0 Å². The Bertz CT molecular complexity index is 698. The number of carbonyl (C=O) groups excluding carboxylic acids is 1. The summed E-state index contributed by atoms with van der Waals surface area (Å²) in [6.45, 7) is 4.25. The second kappa shape index (κ2) is 6.84. The third-order valence-corrected chi connectivity index (χ3v) is 5.52. The van der Waals surface area contributed by atoms with Gasteiger partial charge >= 0.3 is 6.03 Å². The lowest BCUT2D eigenvalue weighted by Gasteiger charge is -2.28. The largest absolute Gasteiger partial charge is 0.391 e. The number of fused-ring (bicyclic) bond motifs is 1. The van der Waals surface area contributed by atoms with Crippen LogP contribution in [0.25, 0.3) is 10.2 Å². The van der Waals surface area contributed by atoms with E-state index in [2.05, 4.69) is 29.5 Å². The van der Waals surface area contributed by atoms with Crippen molar-refractivity contribution in [2.45, 2.75) is 57.6 Å². The molecule has 1 aliphatic rings. The summed E-state index contributed by atoms with van der Waals surface area (Å²) in [4.78, 5) is 16.7. The molecule has 23 heavy (non-hydrogen) atoms. The van der Waals surface area contributed by atoms with Crippen LogP contribution in [0, 0.1) is 0 Å². The molecule has 1 aromatic heterocycles. The Labute approximate surface area is 140 Å². The highest BCUT2D eigenvalue weighted by atomic mass is 32.1. The van der Waals surface area contributed by atoms with Gasteiger partial charge in [0.25, 0.3) is 0 Å². The van der Waals surface area contributed by atoms with Gasteiger partial charge < -0.3 is 15.7 Å². The fraction of sp³-hybridized carbons (Fsp3) is 0.529. The van der Waals surface area contributed by atoms with Gasteiger partial charge in [0, 0.05) is 11.6 Å². The Balaban J connectivity index is 1.67. The lowest BCUT2D eigenvalue weighted by atomic mass is 9.93. The SMILES string of the molecule is CC(C)c1nc2ccc(NC(=O)NC3CCCCC3O)cc2s1. The molecule has 124 valence electrons. The molecule has 2 amide bonds. The maximum atomic E-state index is 12.1. The number of anilines is 1. The number of nitrogens with one attached hydrogen (secondary N) is 2. The van der Waals surface area contributed by atoms with E-state index in [1.807, 2.05) is 18.2 Å². The van der Waals surface area contributed by atoms with Crippen LogP contribution in [0.4, 0.5) is 10.5 Å². The van der Waals surface area contributed by atoms with Crippen molar-refractivity contribution in [2.75, 3.05) is 5.32 Å². The normalized spacial score (nSPS) is 21.6. The molecule has 1 aromatic carbocycles. The van der Waals surface area contributed by atoms with Gasteiger partial charge in [0.05, 0.1) is 27.4 Å². The number of benzene rings is 1. The Hall–Kier alpha value is -1.66. The zero-order chi connectivity index (χ0) is 16.4. The van der Waals surface area contributed by atoms with E-state index in [0.29, 0.717) is 5.92 Å². The van der Waals surface area contributed by atoms with Crippen LogP contribution in [0.2, 0.25) is 0 Å². The molecule has 0 saturated heterocycles. The summed E-state index contributed by atoms with van der Waals surface area (Å²) >= 11 is 1.66. The molecule has 1 saturated carbocycles. The Morgan fingerprint density at radius 1 is 1.35 bits per heavy atom. The number of carbonyl (C=O) groups is 1. The fourth-order valence-electron chi connectivity index (χ4n) is 2.88. The quantitative estimate of drug-likeness (QED) is 0.799. The summed E-state index contributed by atoms with van der Waals surface area (Å²) in [5.41, 5.74) is 1.71. The van der Waals surface area contributed by atoms with E-state index in [4.69, 9.17) is 0 Å². The van der Waals surface area contributed by atoms with Crippen molar-refractivity contribution in [1.29, 1.82) is 0 Å². The molecule has 1 heterocycles. The monoisotopic (exact) mass is 333 g/mol. The van der Waals surface area contributed by atoms with Crippen molar-refractivity contribution in [1.82, 2.24) is 10.3 Å². The van der Waals surface area contributed by atoms with Crippen molar-refractivity contribution >= 4 is 33.3 Å². The lowest BCUT2D eigenvalue weighted by molar-refractivity contribution is 0.0955. The predicted octanol–water partition coefficient (Wildman–Crippen LogP) is 3.84. The number of aliphatic hydroxyl groups excluding tert-OH is 1. The molecule has 3 rings (SSSR count). The van der Waals surface area contributed by atoms with Crippen LogP contribution in [-0.2, 0) is 0 Å². The molecule has 2 aromatic rings. The zero-order valence-corrected chi connectivity index (χ0v) is 14.3. The first-order valence-corrected chi connectivity index (χ1v) is 9.00. The van der Waals surface area contributed by atoms with Crippen molar-refractivity contribution < 1.29 is 9.90 Å². The van der Waals surface area contributed by atoms with Crippen molar-refractivity contribution in [3.63, 3.8) is 0 Å². The van der Waals surface area contributed by atoms with Crippen molar-refractivity contribution in [3.05, 3.63) is 23.2 Å². The Morgan fingerprint density at radius 3 is 2.87 bits per heavy atom. The maximum absolute atomic E-state index is 12.1. The van der Waals surface area contributed by atoms with Gasteiger partial charge in [0.1, 0.15) is 0 Å². The number of thiazole rings is 1. The summed E-state index contributed by atoms with van der Waals surface area (Å²) in [5.74, 6) is 0.403. The second-order valence-corrected chi connectivity index (χ2v) is 7.51. The molecule has 0 bridgehead atoms. The second-order valence-electron chi connectivity index (χ2n) is 6.45. The number of aromatic nitrogens is 1. The first-order chi connectivity index (χ1) is 11.0. The van der Waals surface area contributed by atoms with E-state index in [-0.39, 0.29) is 12.1 Å². The van der Waals surface area contributed by atoms with Crippen LogP contribution in [0.1, 0.15) is 50.5 Å². The highest BCUT2D eigenvalue weighted by Gasteiger charge is 2.24. The number of hydrogen-bond donors (Lipinski definition) is 3. The van der Waals surface area contributed by atoms with Gasteiger partial charge in [-0.25, -0.2) is 9.78 Å². The maximum Gasteiger partial charge on any atom is 0.319 e. The standard InChI is InChI=1S/C17H23N3O2S/c1-10(2)16-19-13-8-7-11(9-15(13)23-16)18-17(22)20-12-5-3-4-6-14(12)21/h7-10,12,14,21H,3-6H2,1-2H3,(H2,18,20,22). The summed E-state index contributed by atoms with van der Waals surface area (Å²) in [6.07, 6.45) is 3.23. The fourth-order valence-corrected chi connectivity index (χ4v) is 3.89. The van der Waals surface area contributed by atoms with Gasteiger partial charge in [-0.3, -0.25) is 0 Å². The molecule has 0 radical (unpaired) electrons. The molecule has 0 aliphatic heterocycles. The molecular formula is C17H23N3O2S. The van der Waals surface area contributed by atoms with Crippen LogP contribution >= 0.6 is 11.3 Å². The molecule has 2 unspecified atom stereocenters. The van der Waals surface area contributed by atoms with Gasteiger partial charge in [0.15, 0.2) is 0 Å². The number of rotatable bonds is 3. The average Bonchev–Trinajstić information content (AvgIpc) is 2.93. The first kappa shape index (κ1) is 16.2. The predicted molar refractivity (Wildman–Crippen MR) is 94.1 cm³/mol. The minimum Gasteiger partial charge on any atom is -0.391 e. The summed E-state index contributed by atoms with van der Waals surface area (Å²) in [7, 11) is 0. The lowest BCUT2D eigenvalue weighted by Crippen LogP contribution is -2.46. The van der Waals surface area contributed by atoms with Gasteiger partial charge in [-0.1, -0.05) is 26.7 Å². The Morgan fingerprint density at radius 2 is 2.13 bits per heavy atom. The van der Waals surface area contributed by atoms with Crippen LogP contribution < -0.4 is 10.6 Å². The van der Waals surface area contributed by atoms with Crippen LogP contribution in [0.3, 0.4) is 0 Å². The molecule has 0 spiro atoms. The zero-order valence-electron chi connectivity index (χ0n) is 13.5. The van der Waals surface area contributed by atoms with E-state index >= 15 is 0 Å². The minimum absolute atomic E-state index is 0.150. The number of aliphatic hydroxyl groups is 1. The number of amides is 2. The van der Waals surface area contributed by atoms with Gasteiger partial charge in [-0.2, -0.15) is 0 Å².